The number of aryl methyl sites for hydroxylation is 1. The first kappa shape index (κ1) is 11.4. The van der Waals surface area contributed by atoms with Crippen molar-refractivity contribution in [3.8, 4) is 0 Å². The number of fused-ring (bicyclic) bond motifs is 1. The van der Waals surface area contributed by atoms with Gasteiger partial charge in [-0.1, -0.05) is 15.9 Å². The van der Waals surface area contributed by atoms with Gasteiger partial charge in [0.15, 0.2) is 5.65 Å². The van der Waals surface area contributed by atoms with Crippen LogP contribution in [0.1, 0.15) is 12.5 Å². The molecule has 0 aromatic carbocycles. The molecule has 2 aromatic heterocycles. The summed E-state index contributed by atoms with van der Waals surface area (Å²) in [7, 11) is 0. The molecular weight excluding hydrogens is 268 g/mol. The molecule has 0 radical (unpaired) electrons. The van der Waals surface area contributed by atoms with Crippen LogP contribution in [-0.2, 0) is 0 Å². The highest BCUT2D eigenvalue weighted by Gasteiger charge is 2.10. The normalized spacial score (nSPS) is 10.9. The van der Waals surface area contributed by atoms with Crippen molar-refractivity contribution in [1.82, 2.24) is 14.6 Å². The minimum atomic E-state index is 0.906. The lowest BCUT2D eigenvalue weighted by Crippen LogP contribution is -2.27. The van der Waals surface area contributed by atoms with Crippen molar-refractivity contribution < 1.29 is 0 Å². The molecule has 16 heavy (non-hydrogen) atoms. The molecular formula is C11H15BrN4. The molecule has 2 heterocycles. The number of hydrogen-bond acceptors (Lipinski definition) is 3. The second-order valence-electron chi connectivity index (χ2n) is 3.69. The highest BCUT2D eigenvalue weighted by atomic mass is 79.9. The lowest BCUT2D eigenvalue weighted by molar-refractivity contribution is 0.810. The molecule has 0 aliphatic rings. The van der Waals surface area contributed by atoms with Gasteiger partial charge in [0.05, 0.1) is 0 Å². The molecule has 2 rings (SSSR count). The predicted octanol–water partition coefficient (Wildman–Crippen LogP) is 2.26. The van der Waals surface area contributed by atoms with E-state index in [0.29, 0.717) is 0 Å². The molecule has 5 heteroatoms. The van der Waals surface area contributed by atoms with Gasteiger partial charge >= 0.3 is 0 Å². The van der Waals surface area contributed by atoms with E-state index in [1.807, 2.05) is 10.6 Å². The summed E-state index contributed by atoms with van der Waals surface area (Å²) < 4.78 is 1.89. The van der Waals surface area contributed by atoms with E-state index in [1.165, 1.54) is 5.56 Å². The van der Waals surface area contributed by atoms with Gasteiger partial charge in [-0.25, -0.2) is 4.98 Å². The number of aromatic nitrogens is 3. The third-order valence-corrected chi connectivity index (χ3v) is 2.92. The number of nitrogens with zero attached hydrogens (tertiary/aromatic N) is 4. The zero-order valence-electron chi connectivity index (χ0n) is 9.52. The molecule has 0 fully saturated rings. The van der Waals surface area contributed by atoms with Gasteiger partial charge in [0, 0.05) is 18.4 Å². The van der Waals surface area contributed by atoms with Crippen LogP contribution in [0.3, 0.4) is 0 Å². The number of pyridine rings is 1. The quantitative estimate of drug-likeness (QED) is 0.807. The van der Waals surface area contributed by atoms with E-state index >= 15 is 0 Å². The summed E-state index contributed by atoms with van der Waals surface area (Å²) >= 11 is 3.47. The average molecular weight is 283 g/mol. The van der Waals surface area contributed by atoms with Gasteiger partial charge < -0.3 is 4.90 Å². The van der Waals surface area contributed by atoms with E-state index < -0.39 is 0 Å². The molecule has 2 aromatic rings. The Morgan fingerprint density at radius 3 is 2.94 bits per heavy atom. The molecule has 0 aliphatic heterocycles. The van der Waals surface area contributed by atoms with Crippen LogP contribution in [-0.4, -0.2) is 33.0 Å². The Morgan fingerprint density at radius 2 is 2.25 bits per heavy atom. The van der Waals surface area contributed by atoms with Crippen LogP contribution in [0.5, 0.6) is 0 Å². The van der Waals surface area contributed by atoms with Crippen molar-refractivity contribution >= 4 is 27.4 Å². The fourth-order valence-electron chi connectivity index (χ4n) is 1.80. The number of alkyl halides is 1. The van der Waals surface area contributed by atoms with E-state index in [-0.39, 0.29) is 0 Å². The highest BCUT2D eigenvalue weighted by Crippen LogP contribution is 2.17. The van der Waals surface area contributed by atoms with E-state index in [9.17, 15) is 0 Å². The van der Waals surface area contributed by atoms with Crippen LogP contribution in [0.2, 0.25) is 0 Å². The predicted molar refractivity (Wildman–Crippen MR) is 69.4 cm³/mol. The van der Waals surface area contributed by atoms with Crippen LogP contribution < -0.4 is 4.90 Å². The SMILES string of the molecule is CCN(CCBr)c1cc(C)cc2ncnn12. The van der Waals surface area contributed by atoms with Crippen molar-refractivity contribution in [3.05, 3.63) is 24.0 Å². The van der Waals surface area contributed by atoms with Crippen LogP contribution in [0.15, 0.2) is 18.5 Å². The van der Waals surface area contributed by atoms with Gasteiger partial charge in [-0.05, 0) is 31.5 Å². The third-order valence-electron chi connectivity index (χ3n) is 2.56. The standard InChI is InChI=1S/C11H15BrN4/c1-3-15(5-4-12)11-7-9(2)6-10-13-8-14-16(10)11/h6-8H,3-5H2,1-2H3. The molecule has 0 saturated carbocycles. The molecule has 86 valence electrons. The Bertz CT molecular complexity index is 480. The van der Waals surface area contributed by atoms with Gasteiger partial charge in [-0.2, -0.15) is 9.61 Å². The van der Waals surface area contributed by atoms with Crippen molar-refractivity contribution in [1.29, 1.82) is 0 Å². The maximum atomic E-state index is 4.26. The second kappa shape index (κ2) is 4.82. The van der Waals surface area contributed by atoms with Crippen LogP contribution >= 0.6 is 15.9 Å². The summed E-state index contributed by atoms with van der Waals surface area (Å²) in [6.45, 7) is 6.16. The van der Waals surface area contributed by atoms with Gasteiger partial charge in [0.25, 0.3) is 0 Å². The van der Waals surface area contributed by atoms with Gasteiger partial charge in [-0.3, -0.25) is 0 Å². The first-order valence-electron chi connectivity index (χ1n) is 5.37. The average Bonchev–Trinajstić information content (AvgIpc) is 2.72. The smallest absolute Gasteiger partial charge is 0.157 e. The van der Waals surface area contributed by atoms with Crippen molar-refractivity contribution in [2.24, 2.45) is 0 Å². The number of anilines is 1. The maximum absolute atomic E-state index is 4.26. The lowest BCUT2D eigenvalue weighted by Gasteiger charge is -2.22. The first-order valence-corrected chi connectivity index (χ1v) is 6.49. The molecule has 0 unspecified atom stereocenters. The van der Waals surface area contributed by atoms with E-state index in [0.717, 1.165) is 29.9 Å². The van der Waals surface area contributed by atoms with Crippen molar-refractivity contribution in [2.75, 3.05) is 23.3 Å². The third kappa shape index (κ3) is 2.04. The molecule has 4 nitrogen and oxygen atoms in total. The topological polar surface area (TPSA) is 33.4 Å². The Morgan fingerprint density at radius 1 is 1.44 bits per heavy atom. The summed E-state index contributed by atoms with van der Waals surface area (Å²) in [6.07, 6.45) is 1.60. The summed E-state index contributed by atoms with van der Waals surface area (Å²) in [6, 6.07) is 4.19. The van der Waals surface area contributed by atoms with Crippen LogP contribution in [0, 0.1) is 6.92 Å². The number of hydrogen-bond donors (Lipinski definition) is 0. The number of rotatable bonds is 4. The van der Waals surface area contributed by atoms with Crippen molar-refractivity contribution in [3.63, 3.8) is 0 Å². The molecule has 0 atom stereocenters. The Hall–Kier alpha value is -1.10. The molecule has 0 saturated heterocycles. The van der Waals surface area contributed by atoms with E-state index in [2.05, 4.69) is 50.8 Å². The fraction of sp³-hybridized carbons (Fsp3) is 0.455. The summed E-state index contributed by atoms with van der Waals surface area (Å²) in [5.74, 6) is 1.11. The van der Waals surface area contributed by atoms with E-state index in [1.54, 1.807) is 6.33 Å². The molecule has 0 N–H and O–H groups in total. The van der Waals surface area contributed by atoms with Crippen LogP contribution in [0.4, 0.5) is 5.82 Å². The maximum Gasteiger partial charge on any atom is 0.157 e. The molecule has 0 aliphatic carbocycles. The minimum absolute atomic E-state index is 0.906. The highest BCUT2D eigenvalue weighted by molar-refractivity contribution is 9.09. The summed E-state index contributed by atoms with van der Waals surface area (Å²) in [4.78, 5) is 6.51. The fourth-order valence-corrected chi connectivity index (χ4v) is 2.23. The largest absolute Gasteiger partial charge is 0.356 e. The Kier molecular flexibility index (Phi) is 3.43. The monoisotopic (exact) mass is 282 g/mol. The molecule has 0 bridgehead atoms. The summed E-state index contributed by atoms with van der Waals surface area (Å²) in [5.41, 5.74) is 2.12. The Labute approximate surface area is 103 Å². The number of halogens is 1. The van der Waals surface area contributed by atoms with Gasteiger partial charge in [0.1, 0.15) is 12.1 Å². The molecule has 0 spiro atoms. The van der Waals surface area contributed by atoms with Gasteiger partial charge in [0.2, 0.25) is 0 Å². The summed E-state index contributed by atoms with van der Waals surface area (Å²) in [5, 5.41) is 5.21. The molecule has 0 amide bonds. The van der Waals surface area contributed by atoms with Crippen LogP contribution in [0.25, 0.3) is 5.65 Å². The van der Waals surface area contributed by atoms with Gasteiger partial charge in [-0.15, -0.1) is 0 Å². The first-order chi connectivity index (χ1) is 7.76. The zero-order valence-corrected chi connectivity index (χ0v) is 11.1. The zero-order chi connectivity index (χ0) is 11.5. The minimum Gasteiger partial charge on any atom is -0.356 e. The van der Waals surface area contributed by atoms with Crippen molar-refractivity contribution in [2.45, 2.75) is 13.8 Å². The second-order valence-corrected chi connectivity index (χ2v) is 4.48. The lowest BCUT2D eigenvalue weighted by atomic mass is 10.3. The van der Waals surface area contributed by atoms with E-state index in [4.69, 9.17) is 0 Å². The Balaban J connectivity index is 2.52.